The van der Waals surface area contributed by atoms with E-state index < -0.39 is 41.6 Å². The number of carboxylic acid groups (broad SMARTS) is 1. The van der Waals surface area contributed by atoms with Gasteiger partial charge in [-0.25, -0.2) is 18.4 Å². The Bertz CT molecular complexity index is 1070. The number of carbonyl (C=O) groups is 2. The Morgan fingerprint density at radius 1 is 0.950 bits per heavy atom. The normalized spacial score (nSPS) is 12.6. The molecular weight excluding hydrogens is 541 g/mol. The van der Waals surface area contributed by atoms with Crippen LogP contribution in [0.1, 0.15) is 50.7 Å². The molecule has 0 bridgehead atoms. The largest absolute Gasteiger partial charge is 0.492 e. The van der Waals surface area contributed by atoms with E-state index in [1.165, 1.54) is 17.0 Å². The molecule has 1 unspecified atom stereocenters. The average molecular weight is 576 g/mol. The maximum atomic E-state index is 13.3. The standard InChI is InChI=1S/C28H34F5NO6/c1-3-38-24(25(35)36)19-20-11-13-21(14-12-20)39-18-17-34(16-8-4-7-15-27(2,29)30)26(37)40-23-10-6-5-9-22(23)28(31,32)33/h5-6,9-14,24H,3-4,7-8,15-19H2,1-2H3,(H,35,36). The summed E-state index contributed by atoms with van der Waals surface area (Å²) in [7, 11) is 0. The molecule has 12 heteroatoms. The van der Waals surface area contributed by atoms with Gasteiger partial charge in [-0.3, -0.25) is 0 Å². The molecule has 2 rings (SSSR count). The lowest BCUT2D eigenvalue weighted by Crippen LogP contribution is -2.37. The lowest BCUT2D eigenvalue weighted by Gasteiger charge is -2.23. The number of benzene rings is 2. The molecular formula is C28H34F5NO6. The Morgan fingerprint density at radius 3 is 2.23 bits per heavy atom. The number of amides is 1. The molecule has 1 atom stereocenters. The van der Waals surface area contributed by atoms with Gasteiger partial charge in [0.1, 0.15) is 18.1 Å². The summed E-state index contributed by atoms with van der Waals surface area (Å²) in [5.41, 5.74) is -0.390. The van der Waals surface area contributed by atoms with Gasteiger partial charge in [-0.2, -0.15) is 13.2 Å². The first-order valence-electron chi connectivity index (χ1n) is 12.9. The highest BCUT2D eigenvalue weighted by Crippen LogP contribution is 2.36. The molecule has 0 radical (unpaired) electrons. The van der Waals surface area contributed by atoms with Crippen molar-refractivity contribution in [3.63, 3.8) is 0 Å². The summed E-state index contributed by atoms with van der Waals surface area (Å²) in [6.45, 7) is 2.78. The van der Waals surface area contributed by atoms with Gasteiger partial charge in [-0.15, -0.1) is 0 Å². The fourth-order valence-electron chi connectivity index (χ4n) is 3.79. The van der Waals surface area contributed by atoms with Gasteiger partial charge in [-0.1, -0.05) is 30.7 Å². The highest BCUT2D eigenvalue weighted by Gasteiger charge is 2.35. The number of ether oxygens (including phenoxy) is 3. The molecule has 2 aromatic rings. The smallest absolute Gasteiger partial charge is 0.419 e. The van der Waals surface area contributed by atoms with Gasteiger partial charge < -0.3 is 24.2 Å². The molecule has 2 aromatic carbocycles. The van der Waals surface area contributed by atoms with Crippen molar-refractivity contribution < 1.29 is 50.9 Å². The van der Waals surface area contributed by atoms with Crippen LogP contribution in [-0.2, 0) is 22.1 Å². The zero-order valence-electron chi connectivity index (χ0n) is 22.4. The van der Waals surface area contributed by atoms with E-state index in [2.05, 4.69) is 0 Å². The van der Waals surface area contributed by atoms with Crippen LogP contribution in [0.25, 0.3) is 0 Å². The van der Waals surface area contributed by atoms with E-state index in [0.29, 0.717) is 24.2 Å². The molecule has 1 amide bonds. The monoisotopic (exact) mass is 575 g/mol. The lowest BCUT2D eigenvalue weighted by atomic mass is 10.1. The van der Waals surface area contributed by atoms with Gasteiger partial charge in [0.05, 0.1) is 12.1 Å². The van der Waals surface area contributed by atoms with E-state index in [4.69, 9.17) is 14.2 Å². The molecule has 0 spiro atoms. The molecule has 0 heterocycles. The van der Waals surface area contributed by atoms with Crippen LogP contribution in [0.2, 0.25) is 0 Å². The second-order valence-corrected chi connectivity index (χ2v) is 9.21. The first kappa shape index (κ1) is 32.8. The Balaban J connectivity index is 2.01. The number of rotatable bonds is 16. The topological polar surface area (TPSA) is 85.3 Å². The predicted molar refractivity (Wildman–Crippen MR) is 137 cm³/mol. The SMILES string of the molecule is CCOC(Cc1ccc(OCCN(CCCCCC(C)(F)F)C(=O)Oc2ccccc2C(F)(F)F)cc1)C(=O)O. The molecule has 0 aliphatic rings. The lowest BCUT2D eigenvalue weighted by molar-refractivity contribution is -0.150. The second-order valence-electron chi connectivity index (χ2n) is 9.21. The van der Waals surface area contributed by atoms with E-state index in [1.54, 1.807) is 31.2 Å². The number of para-hydroxylation sites is 1. The quantitative estimate of drug-likeness (QED) is 0.174. The second kappa shape index (κ2) is 15.4. The van der Waals surface area contributed by atoms with Crippen LogP contribution in [0.15, 0.2) is 48.5 Å². The Labute approximate surface area is 229 Å². The van der Waals surface area contributed by atoms with Crippen molar-refractivity contribution in [1.29, 1.82) is 0 Å². The molecule has 0 saturated heterocycles. The number of unbranched alkanes of at least 4 members (excludes halogenated alkanes) is 2. The highest BCUT2D eigenvalue weighted by atomic mass is 19.4. The summed E-state index contributed by atoms with van der Waals surface area (Å²) < 4.78 is 82.1. The van der Waals surface area contributed by atoms with Gasteiger partial charge in [-0.05, 0) is 56.5 Å². The van der Waals surface area contributed by atoms with E-state index in [0.717, 1.165) is 19.1 Å². The number of alkyl halides is 5. The summed E-state index contributed by atoms with van der Waals surface area (Å²) in [6.07, 6.45) is -5.94. The van der Waals surface area contributed by atoms with Crippen molar-refractivity contribution in [1.82, 2.24) is 4.90 Å². The van der Waals surface area contributed by atoms with Crippen LogP contribution >= 0.6 is 0 Å². The summed E-state index contributed by atoms with van der Waals surface area (Å²) in [4.78, 5) is 25.3. The number of halogens is 5. The maximum absolute atomic E-state index is 13.3. The number of hydrogen-bond donors (Lipinski definition) is 1. The fourth-order valence-corrected chi connectivity index (χ4v) is 3.79. The van der Waals surface area contributed by atoms with Crippen LogP contribution in [-0.4, -0.2) is 60.4 Å². The number of carboxylic acids is 1. The third-order valence-corrected chi connectivity index (χ3v) is 5.81. The van der Waals surface area contributed by atoms with E-state index in [-0.39, 0.29) is 45.6 Å². The van der Waals surface area contributed by atoms with E-state index >= 15 is 0 Å². The van der Waals surface area contributed by atoms with Crippen molar-refractivity contribution in [2.75, 3.05) is 26.3 Å². The van der Waals surface area contributed by atoms with Crippen molar-refractivity contribution in [2.45, 2.75) is 64.2 Å². The minimum Gasteiger partial charge on any atom is -0.492 e. The minimum absolute atomic E-state index is 0.0287. The van der Waals surface area contributed by atoms with Crippen LogP contribution in [0.5, 0.6) is 11.5 Å². The molecule has 0 aromatic heterocycles. The summed E-state index contributed by atoms with van der Waals surface area (Å²) >= 11 is 0. The van der Waals surface area contributed by atoms with Gasteiger partial charge >= 0.3 is 18.2 Å². The summed E-state index contributed by atoms with van der Waals surface area (Å²) in [5, 5.41) is 9.23. The third kappa shape index (κ3) is 11.8. The Hall–Kier alpha value is -3.41. The van der Waals surface area contributed by atoms with Gasteiger partial charge in [0.2, 0.25) is 5.92 Å². The Morgan fingerprint density at radius 2 is 1.62 bits per heavy atom. The molecule has 0 aliphatic carbocycles. The van der Waals surface area contributed by atoms with Crippen LogP contribution < -0.4 is 9.47 Å². The highest BCUT2D eigenvalue weighted by molar-refractivity contribution is 5.72. The fraction of sp³-hybridized carbons (Fsp3) is 0.500. The van der Waals surface area contributed by atoms with Crippen LogP contribution in [0.3, 0.4) is 0 Å². The zero-order valence-corrected chi connectivity index (χ0v) is 22.4. The van der Waals surface area contributed by atoms with Crippen molar-refractivity contribution >= 4 is 12.1 Å². The third-order valence-electron chi connectivity index (χ3n) is 5.81. The van der Waals surface area contributed by atoms with Gasteiger partial charge in [0.25, 0.3) is 0 Å². The molecule has 222 valence electrons. The number of nitrogens with zero attached hydrogens (tertiary/aromatic N) is 1. The molecule has 1 N–H and O–H groups in total. The van der Waals surface area contributed by atoms with Crippen molar-refractivity contribution in [3.05, 3.63) is 59.7 Å². The van der Waals surface area contributed by atoms with Gasteiger partial charge in [0, 0.05) is 26.0 Å². The predicted octanol–water partition coefficient (Wildman–Crippen LogP) is 6.83. The molecule has 0 aliphatic heterocycles. The van der Waals surface area contributed by atoms with Crippen LogP contribution in [0, 0.1) is 0 Å². The van der Waals surface area contributed by atoms with E-state index in [9.17, 15) is 36.6 Å². The summed E-state index contributed by atoms with van der Waals surface area (Å²) in [5.74, 6) is -4.09. The first-order chi connectivity index (χ1) is 18.8. The summed E-state index contributed by atoms with van der Waals surface area (Å²) in [6, 6.07) is 10.9. The van der Waals surface area contributed by atoms with Crippen LogP contribution in [0.4, 0.5) is 26.7 Å². The number of hydrogen-bond acceptors (Lipinski definition) is 5. The van der Waals surface area contributed by atoms with Gasteiger partial charge in [0.15, 0.2) is 6.10 Å². The molecule has 0 fully saturated rings. The number of aliphatic carboxylic acids is 1. The zero-order chi connectivity index (χ0) is 29.8. The first-order valence-corrected chi connectivity index (χ1v) is 12.9. The number of carbonyl (C=O) groups excluding carboxylic acids is 1. The maximum Gasteiger partial charge on any atom is 0.419 e. The Kier molecular flexibility index (Phi) is 12.6. The minimum atomic E-state index is -4.73. The van der Waals surface area contributed by atoms with Crippen molar-refractivity contribution in [2.24, 2.45) is 0 Å². The van der Waals surface area contributed by atoms with E-state index in [1.807, 2.05) is 0 Å². The van der Waals surface area contributed by atoms with Crippen molar-refractivity contribution in [3.8, 4) is 11.5 Å². The molecule has 40 heavy (non-hydrogen) atoms. The molecule has 0 saturated carbocycles. The average Bonchev–Trinajstić information content (AvgIpc) is 2.87. The molecule has 7 nitrogen and oxygen atoms in total.